The number of halogens is 4. The molecule has 1 unspecified atom stereocenters. The summed E-state index contributed by atoms with van der Waals surface area (Å²) < 4.78 is 41.6. The molecule has 0 saturated carbocycles. The standard InChI is InChI=1S/C17H12ClF3N4OS/c1-9(16(26)23-13-6-5-12(19)14(20)15(13)21)27-17-24-22-8-25(17)11-4-2-3-10(18)7-11/h2-9H,1H3,(H,23,26). The monoisotopic (exact) mass is 412 g/mol. The van der Waals surface area contributed by atoms with Gasteiger partial charge in [-0.3, -0.25) is 9.36 Å². The Morgan fingerprint density at radius 2 is 2.00 bits per heavy atom. The van der Waals surface area contributed by atoms with Gasteiger partial charge >= 0.3 is 0 Å². The van der Waals surface area contributed by atoms with Gasteiger partial charge in [-0.05, 0) is 37.3 Å². The predicted molar refractivity (Wildman–Crippen MR) is 96.6 cm³/mol. The molecule has 1 heterocycles. The molecule has 0 fully saturated rings. The van der Waals surface area contributed by atoms with Crippen molar-refractivity contribution in [3.05, 3.63) is 65.2 Å². The molecule has 140 valence electrons. The topological polar surface area (TPSA) is 59.8 Å². The number of carbonyl (C=O) groups is 1. The minimum absolute atomic E-state index is 0.408. The number of nitrogens with zero attached hydrogens (tertiary/aromatic N) is 3. The smallest absolute Gasteiger partial charge is 0.237 e. The van der Waals surface area contributed by atoms with Crippen molar-refractivity contribution >= 4 is 35.0 Å². The van der Waals surface area contributed by atoms with Gasteiger partial charge in [0.2, 0.25) is 5.91 Å². The maximum absolute atomic E-state index is 13.7. The van der Waals surface area contributed by atoms with Gasteiger partial charge in [0, 0.05) is 5.02 Å². The van der Waals surface area contributed by atoms with E-state index in [1.165, 1.54) is 6.33 Å². The molecule has 0 radical (unpaired) electrons. The average molecular weight is 413 g/mol. The van der Waals surface area contributed by atoms with Crippen LogP contribution in [0.1, 0.15) is 6.92 Å². The first kappa shape index (κ1) is 19.2. The van der Waals surface area contributed by atoms with Crippen molar-refractivity contribution in [2.75, 3.05) is 5.32 Å². The Labute approximate surface area is 161 Å². The van der Waals surface area contributed by atoms with Crippen molar-refractivity contribution in [1.29, 1.82) is 0 Å². The Morgan fingerprint density at radius 1 is 1.22 bits per heavy atom. The van der Waals surface area contributed by atoms with Crippen molar-refractivity contribution in [2.24, 2.45) is 0 Å². The summed E-state index contributed by atoms with van der Waals surface area (Å²) in [7, 11) is 0. The van der Waals surface area contributed by atoms with Crippen LogP contribution in [0.25, 0.3) is 5.69 Å². The number of hydrogen-bond donors (Lipinski definition) is 1. The number of nitrogens with one attached hydrogen (secondary N) is 1. The summed E-state index contributed by atoms with van der Waals surface area (Å²) >= 11 is 7.04. The van der Waals surface area contributed by atoms with E-state index in [1.807, 2.05) is 0 Å². The van der Waals surface area contributed by atoms with Crippen molar-refractivity contribution < 1.29 is 18.0 Å². The van der Waals surface area contributed by atoms with E-state index in [1.54, 1.807) is 35.8 Å². The van der Waals surface area contributed by atoms with Crippen molar-refractivity contribution in [3.8, 4) is 5.69 Å². The summed E-state index contributed by atoms with van der Waals surface area (Å²) in [6.07, 6.45) is 1.47. The molecule has 3 aromatic rings. The molecule has 0 bridgehead atoms. The summed E-state index contributed by atoms with van der Waals surface area (Å²) in [5.74, 6) is -5.04. The van der Waals surface area contributed by atoms with Crippen LogP contribution in [0.3, 0.4) is 0 Å². The molecule has 1 amide bonds. The molecule has 0 aliphatic rings. The maximum Gasteiger partial charge on any atom is 0.237 e. The van der Waals surface area contributed by atoms with E-state index >= 15 is 0 Å². The first-order chi connectivity index (χ1) is 12.9. The normalized spacial score (nSPS) is 12.0. The lowest BCUT2D eigenvalue weighted by molar-refractivity contribution is -0.115. The van der Waals surface area contributed by atoms with E-state index in [2.05, 4.69) is 15.5 Å². The fourth-order valence-electron chi connectivity index (χ4n) is 2.18. The summed E-state index contributed by atoms with van der Waals surface area (Å²) in [4.78, 5) is 12.3. The highest BCUT2D eigenvalue weighted by atomic mass is 35.5. The first-order valence-electron chi connectivity index (χ1n) is 7.64. The van der Waals surface area contributed by atoms with Crippen LogP contribution in [0, 0.1) is 17.5 Å². The second-order valence-electron chi connectivity index (χ2n) is 5.44. The highest BCUT2D eigenvalue weighted by Crippen LogP contribution is 2.26. The number of amides is 1. The number of hydrogen-bond acceptors (Lipinski definition) is 4. The number of benzene rings is 2. The van der Waals surface area contributed by atoms with Crippen LogP contribution >= 0.6 is 23.4 Å². The van der Waals surface area contributed by atoms with Crippen LogP contribution in [0.4, 0.5) is 18.9 Å². The largest absolute Gasteiger partial charge is 0.323 e. The lowest BCUT2D eigenvalue weighted by Crippen LogP contribution is -2.23. The van der Waals surface area contributed by atoms with Crippen molar-refractivity contribution in [2.45, 2.75) is 17.3 Å². The highest BCUT2D eigenvalue weighted by molar-refractivity contribution is 8.00. The summed E-state index contributed by atoms with van der Waals surface area (Å²) in [6.45, 7) is 1.56. The molecule has 1 N–H and O–H groups in total. The van der Waals surface area contributed by atoms with Gasteiger partial charge in [0.05, 0.1) is 16.6 Å². The van der Waals surface area contributed by atoms with Gasteiger partial charge < -0.3 is 5.32 Å². The van der Waals surface area contributed by atoms with Crippen LogP contribution in [-0.2, 0) is 4.79 Å². The zero-order valence-corrected chi connectivity index (χ0v) is 15.4. The molecule has 0 saturated heterocycles. The molecule has 10 heteroatoms. The Kier molecular flexibility index (Phi) is 5.71. The van der Waals surface area contributed by atoms with Crippen LogP contribution in [0.15, 0.2) is 47.9 Å². The number of thioether (sulfide) groups is 1. The van der Waals surface area contributed by atoms with E-state index in [-0.39, 0.29) is 0 Å². The Hall–Kier alpha value is -2.52. The molecule has 2 aromatic carbocycles. The Bertz CT molecular complexity index is 998. The molecule has 3 rings (SSSR count). The highest BCUT2D eigenvalue weighted by Gasteiger charge is 2.21. The molecular formula is C17H12ClF3N4OS. The maximum atomic E-state index is 13.7. The van der Waals surface area contributed by atoms with Crippen LogP contribution in [0.2, 0.25) is 5.02 Å². The van der Waals surface area contributed by atoms with Crippen molar-refractivity contribution in [1.82, 2.24) is 14.8 Å². The van der Waals surface area contributed by atoms with Crippen LogP contribution < -0.4 is 5.32 Å². The van der Waals surface area contributed by atoms with E-state index in [0.717, 1.165) is 23.9 Å². The molecule has 0 aliphatic carbocycles. The third kappa shape index (κ3) is 4.25. The third-order valence-electron chi connectivity index (χ3n) is 3.55. The van der Waals surface area contributed by atoms with Gasteiger partial charge in [-0.2, -0.15) is 0 Å². The van der Waals surface area contributed by atoms with Crippen molar-refractivity contribution in [3.63, 3.8) is 0 Å². The van der Waals surface area contributed by atoms with Crippen LogP contribution in [0.5, 0.6) is 0 Å². The van der Waals surface area contributed by atoms with Crippen LogP contribution in [-0.4, -0.2) is 25.9 Å². The van der Waals surface area contributed by atoms with Gasteiger partial charge in [-0.25, -0.2) is 13.2 Å². The van der Waals surface area contributed by atoms with E-state index in [0.29, 0.717) is 15.9 Å². The minimum Gasteiger partial charge on any atom is -0.323 e. The molecule has 1 aromatic heterocycles. The fourth-order valence-corrected chi connectivity index (χ4v) is 3.20. The van der Waals surface area contributed by atoms with E-state index in [4.69, 9.17) is 11.6 Å². The van der Waals surface area contributed by atoms with E-state index in [9.17, 15) is 18.0 Å². The molecule has 5 nitrogen and oxygen atoms in total. The summed E-state index contributed by atoms with van der Waals surface area (Å²) in [5.41, 5.74) is 0.261. The summed E-state index contributed by atoms with van der Waals surface area (Å²) in [5, 5.41) is 10.2. The zero-order chi connectivity index (χ0) is 19.6. The second kappa shape index (κ2) is 8.01. The first-order valence-corrected chi connectivity index (χ1v) is 8.89. The third-order valence-corrected chi connectivity index (χ3v) is 4.84. The molecule has 0 spiro atoms. The number of anilines is 1. The zero-order valence-electron chi connectivity index (χ0n) is 13.8. The quantitative estimate of drug-likeness (QED) is 0.496. The lowest BCUT2D eigenvalue weighted by atomic mass is 10.2. The molecule has 0 aliphatic heterocycles. The van der Waals surface area contributed by atoms with Gasteiger partial charge in [0.1, 0.15) is 6.33 Å². The molecule has 1 atom stereocenters. The SMILES string of the molecule is CC(Sc1nncn1-c1cccc(Cl)c1)C(=O)Nc1ccc(F)c(F)c1F. The van der Waals surface area contributed by atoms with Gasteiger partial charge in [0.15, 0.2) is 22.6 Å². The second-order valence-corrected chi connectivity index (χ2v) is 7.18. The predicted octanol–water partition coefficient (Wildman–Crippen LogP) is 4.46. The lowest BCUT2D eigenvalue weighted by Gasteiger charge is -2.13. The Balaban J connectivity index is 1.75. The molecule has 27 heavy (non-hydrogen) atoms. The molecular weight excluding hydrogens is 401 g/mol. The fraction of sp³-hybridized carbons (Fsp3) is 0.118. The van der Waals surface area contributed by atoms with Gasteiger partial charge in [-0.15, -0.1) is 10.2 Å². The van der Waals surface area contributed by atoms with Gasteiger partial charge in [0.25, 0.3) is 0 Å². The number of carbonyl (C=O) groups excluding carboxylic acids is 1. The summed E-state index contributed by atoms with van der Waals surface area (Å²) in [6, 6.07) is 8.67. The Morgan fingerprint density at radius 3 is 2.74 bits per heavy atom. The van der Waals surface area contributed by atoms with Gasteiger partial charge in [-0.1, -0.05) is 29.4 Å². The minimum atomic E-state index is -1.64. The number of aromatic nitrogens is 3. The van der Waals surface area contributed by atoms with E-state index < -0.39 is 34.3 Å². The average Bonchev–Trinajstić information content (AvgIpc) is 3.10. The number of rotatable bonds is 5.